The summed E-state index contributed by atoms with van der Waals surface area (Å²) in [5.74, 6) is -1.54. The monoisotopic (exact) mass is 365 g/mol. The second-order valence-corrected chi connectivity index (χ2v) is 7.43. The zero-order valence-electron chi connectivity index (χ0n) is 13.3. The predicted octanol–water partition coefficient (Wildman–Crippen LogP) is 0.945. The molecule has 0 aliphatic heterocycles. The summed E-state index contributed by atoms with van der Waals surface area (Å²) in [4.78, 5) is 23.7. The SMILES string of the molecule is COCCCNS(=O)(=O)c1sc(C(=O)OC)c(C)c1C(=O)OC. The zero-order valence-corrected chi connectivity index (χ0v) is 14.9. The molecule has 0 fully saturated rings. The number of methoxy groups -OCH3 is 3. The van der Waals surface area contributed by atoms with Gasteiger partial charge in [0.25, 0.3) is 10.0 Å². The number of esters is 2. The van der Waals surface area contributed by atoms with Gasteiger partial charge in [0.05, 0.1) is 19.8 Å². The Kier molecular flexibility index (Phi) is 7.13. The van der Waals surface area contributed by atoms with E-state index in [1.54, 1.807) is 0 Å². The Balaban J connectivity index is 3.27. The quantitative estimate of drug-likeness (QED) is 0.539. The highest BCUT2D eigenvalue weighted by molar-refractivity contribution is 7.91. The van der Waals surface area contributed by atoms with Gasteiger partial charge in [0, 0.05) is 20.3 Å². The van der Waals surface area contributed by atoms with Crippen LogP contribution in [0.25, 0.3) is 0 Å². The Bertz CT molecular complexity index is 679. The summed E-state index contributed by atoms with van der Waals surface area (Å²) in [6, 6.07) is 0. The van der Waals surface area contributed by atoms with Crippen molar-refractivity contribution in [3.8, 4) is 0 Å². The summed E-state index contributed by atoms with van der Waals surface area (Å²) in [6.07, 6.45) is 0.470. The van der Waals surface area contributed by atoms with Gasteiger partial charge >= 0.3 is 11.9 Å². The van der Waals surface area contributed by atoms with E-state index < -0.39 is 22.0 Å². The van der Waals surface area contributed by atoms with Gasteiger partial charge in [-0.05, 0) is 18.9 Å². The van der Waals surface area contributed by atoms with Crippen LogP contribution in [0.4, 0.5) is 0 Å². The summed E-state index contributed by atoms with van der Waals surface area (Å²) < 4.78 is 41.0. The third kappa shape index (κ3) is 4.50. The smallest absolute Gasteiger partial charge is 0.348 e. The zero-order chi connectivity index (χ0) is 17.6. The van der Waals surface area contributed by atoms with Crippen molar-refractivity contribution in [3.05, 3.63) is 16.0 Å². The van der Waals surface area contributed by atoms with Crippen LogP contribution < -0.4 is 4.72 Å². The van der Waals surface area contributed by atoms with E-state index in [-0.39, 0.29) is 26.8 Å². The van der Waals surface area contributed by atoms with E-state index in [1.165, 1.54) is 21.1 Å². The van der Waals surface area contributed by atoms with E-state index in [9.17, 15) is 18.0 Å². The molecule has 0 unspecified atom stereocenters. The van der Waals surface area contributed by atoms with Crippen molar-refractivity contribution < 1.29 is 32.2 Å². The Morgan fingerprint density at radius 1 is 1.13 bits per heavy atom. The third-order valence-corrected chi connectivity index (χ3v) is 6.19. The van der Waals surface area contributed by atoms with E-state index in [4.69, 9.17) is 4.74 Å². The van der Waals surface area contributed by atoms with E-state index >= 15 is 0 Å². The molecule has 1 heterocycles. The average Bonchev–Trinajstić information content (AvgIpc) is 2.88. The molecule has 23 heavy (non-hydrogen) atoms. The van der Waals surface area contributed by atoms with Gasteiger partial charge in [-0.2, -0.15) is 0 Å². The molecule has 1 N–H and O–H groups in total. The molecule has 130 valence electrons. The molecule has 0 amide bonds. The van der Waals surface area contributed by atoms with Crippen molar-refractivity contribution in [1.29, 1.82) is 0 Å². The molecule has 8 nitrogen and oxygen atoms in total. The Labute approximate surface area is 138 Å². The van der Waals surface area contributed by atoms with Crippen LogP contribution in [0.5, 0.6) is 0 Å². The normalized spacial score (nSPS) is 11.3. The first kappa shape index (κ1) is 19.6. The summed E-state index contributed by atoms with van der Waals surface area (Å²) in [5, 5.41) is 0. The van der Waals surface area contributed by atoms with Crippen LogP contribution in [-0.2, 0) is 24.2 Å². The Hall–Kier alpha value is -1.49. The Morgan fingerprint density at radius 3 is 2.26 bits per heavy atom. The van der Waals surface area contributed by atoms with E-state index in [0.29, 0.717) is 24.4 Å². The van der Waals surface area contributed by atoms with Gasteiger partial charge < -0.3 is 14.2 Å². The molecule has 1 rings (SSSR count). The summed E-state index contributed by atoms with van der Waals surface area (Å²) in [5.41, 5.74) is 0.0584. The van der Waals surface area contributed by atoms with Gasteiger partial charge in [-0.1, -0.05) is 0 Å². The minimum atomic E-state index is -3.97. The fourth-order valence-corrected chi connectivity index (χ4v) is 4.65. The summed E-state index contributed by atoms with van der Waals surface area (Å²) in [6.45, 7) is 2.00. The first-order chi connectivity index (χ1) is 10.8. The first-order valence-electron chi connectivity index (χ1n) is 6.58. The first-order valence-corrected chi connectivity index (χ1v) is 8.88. The van der Waals surface area contributed by atoms with Crippen LogP contribution in [0, 0.1) is 6.92 Å². The van der Waals surface area contributed by atoms with Gasteiger partial charge in [-0.3, -0.25) is 0 Å². The molecule has 0 aliphatic carbocycles. The fourth-order valence-electron chi connectivity index (χ4n) is 1.79. The number of carbonyl (C=O) groups is 2. The molecule has 0 atom stereocenters. The highest BCUT2D eigenvalue weighted by Gasteiger charge is 2.32. The lowest BCUT2D eigenvalue weighted by Gasteiger charge is -2.07. The van der Waals surface area contributed by atoms with Gasteiger partial charge in [0.1, 0.15) is 4.88 Å². The molecule has 0 bridgehead atoms. The van der Waals surface area contributed by atoms with Crippen LogP contribution in [0.2, 0.25) is 0 Å². The lowest BCUT2D eigenvalue weighted by molar-refractivity contribution is 0.0596. The maximum atomic E-state index is 12.4. The molecule has 0 aliphatic rings. The lowest BCUT2D eigenvalue weighted by atomic mass is 10.2. The Morgan fingerprint density at radius 2 is 1.74 bits per heavy atom. The van der Waals surface area contributed by atoms with Gasteiger partial charge in [-0.15, -0.1) is 11.3 Å². The van der Waals surface area contributed by atoms with Crippen molar-refractivity contribution in [1.82, 2.24) is 4.72 Å². The highest BCUT2D eigenvalue weighted by Crippen LogP contribution is 2.33. The van der Waals surface area contributed by atoms with Crippen LogP contribution in [-0.4, -0.2) is 54.8 Å². The largest absolute Gasteiger partial charge is 0.465 e. The van der Waals surface area contributed by atoms with E-state index in [1.807, 2.05) is 0 Å². The molecule has 0 radical (unpaired) electrons. The number of sulfonamides is 1. The molecule has 0 saturated carbocycles. The van der Waals surface area contributed by atoms with Crippen molar-refractivity contribution in [3.63, 3.8) is 0 Å². The molecule has 0 saturated heterocycles. The van der Waals surface area contributed by atoms with Crippen molar-refractivity contribution in [2.24, 2.45) is 0 Å². The number of thiophene rings is 1. The fraction of sp³-hybridized carbons (Fsp3) is 0.538. The number of hydrogen-bond acceptors (Lipinski definition) is 8. The van der Waals surface area contributed by atoms with Gasteiger partial charge in [-0.25, -0.2) is 22.7 Å². The van der Waals surface area contributed by atoms with E-state index in [0.717, 1.165) is 7.11 Å². The number of ether oxygens (including phenoxy) is 3. The molecule has 1 aromatic heterocycles. The number of nitrogens with one attached hydrogen (secondary N) is 1. The lowest BCUT2D eigenvalue weighted by Crippen LogP contribution is -2.26. The number of hydrogen-bond donors (Lipinski definition) is 1. The van der Waals surface area contributed by atoms with E-state index in [2.05, 4.69) is 14.2 Å². The topological polar surface area (TPSA) is 108 Å². The predicted molar refractivity (Wildman–Crippen MR) is 83.4 cm³/mol. The molecule has 1 aromatic rings. The molecule has 0 spiro atoms. The van der Waals surface area contributed by atoms with Crippen LogP contribution in [0.3, 0.4) is 0 Å². The maximum absolute atomic E-state index is 12.4. The third-order valence-electron chi connectivity index (χ3n) is 2.94. The second kappa shape index (κ2) is 8.39. The van der Waals surface area contributed by atoms with Crippen molar-refractivity contribution >= 4 is 33.3 Å². The van der Waals surface area contributed by atoms with Gasteiger partial charge in [0.2, 0.25) is 0 Å². The molecular weight excluding hydrogens is 346 g/mol. The summed E-state index contributed by atoms with van der Waals surface area (Å²) in [7, 11) is -0.141. The number of rotatable bonds is 8. The van der Waals surface area contributed by atoms with Crippen molar-refractivity contribution in [2.45, 2.75) is 17.6 Å². The summed E-state index contributed by atoms with van der Waals surface area (Å²) >= 11 is 0.676. The van der Waals surface area contributed by atoms with Crippen LogP contribution in [0.15, 0.2) is 4.21 Å². The number of carbonyl (C=O) groups excluding carboxylic acids is 2. The minimum absolute atomic E-state index is 0.0465. The van der Waals surface area contributed by atoms with Gasteiger partial charge in [0.15, 0.2) is 4.21 Å². The van der Waals surface area contributed by atoms with Crippen LogP contribution >= 0.6 is 11.3 Å². The molecule has 10 heteroatoms. The van der Waals surface area contributed by atoms with Crippen LogP contribution in [0.1, 0.15) is 32.0 Å². The molecular formula is C13H19NO7S2. The maximum Gasteiger partial charge on any atom is 0.348 e. The van der Waals surface area contributed by atoms with Crippen molar-refractivity contribution in [2.75, 3.05) is 34.5 Å². The standard InChI is InChI=1S/C13H19NO7S2/c1-8-9(11(15)20-3)13(22-10(8)12(16)21-4)23(17,18)14-6-5-7-19-2/h14H,5-7H2,1-4H3. The molecule has 0 aromatic carbocycles. The second-order valence-electron chi connectivity index (χ2n) is 4.45. The minimum Gasteiger partial charge on any atom is -0.465 e. The highest BCUT2D eigenvalue weighted by atomic mass is 32.2. The average molecular weight is 365 g/mol.